The monoisotopic (exact) mass is 217 g/mol. The molecule has 2 aromatic rings. The van der Waals surface area contributed by atoms with Crippen LogP contribution in [-0.4, -0.2) is 15.8 Å². The molecule has 3 heteroatoms. The van der Waals surface area contributed by atoms with Crippen molar-refractivity contribution in [3.8, 4) is 0 Å². The minimum Gasteiger partial charge on any atom is -0.328 e. The molecule has 0 saturated carbocycles. The second-order valence-corrected chi connectivity index (χ2v) is 4.76. The van der Waals surface area contributed by atoms with Gasteiger partial charge in [0.25, 0.3) is 0 Å². The van der Waals surface area contributed by atoms with Gasteiger partial charge in [-0.15, -0.1) is 0 Å². The molecule has 0 aliphatic rings. The van der Waals surface area contributed by atoms with Crippen LogP contribution in [0.3, 0.4) is 0 Å². The Hall–Kier alpha value is -1.35. The van der Waals surface area contributed by atoms with E-state index in [1.807, 2.05) is 13.1 Å². The second kappa shape index (κ2) is 4.26. The van der Waals surface area contributed by atoms with Crippen LogP contribution in [0.5, 0.6) is 0 Å². The van der Waals surface area contributed by atoms with Gasteiger partial charge in [-0.1, -0.05) is 12.1 Å². The third-order valence-corrected chi connectivity index (χ3v) is 2.71. The van der Waals surface area contributed by atoms with E-state index in [9.17, 15) is 0 Å². The van der Waals surface area contributed by atoms with E-state index in [0.29, 0.717) is 6.04 Å². The number of hydrogen-bond donors (Lipinski definition) is 1. The van der Waals surface area contributed by atoms with Crippen LogP contribution in [0, 0.1) is 0 Å². The van der Waals surface area contributed by atoms with E-state index >= 15 is 0 Å². The predicted molar refractivity (Wildman–Crippen MR) is 67.5 cm³/mol. The van der Waals surface area contributed by atoms with Crippen LogP contribution in [0.1, 0.15) is 32.4 Å². The first kappa shape index (κ1) is 11.1. The fourth-order valence-electron chi connectivity index (χ4n) is 1.99. The quantitative estimate of drug-likeness (QED) is 0.858. The second-order valence-electron chi connectivity index (χ2n) is 4.76. The lowest BCUT2D eigenvalue weighted by molar-refractivity contribution is 0.550. The molecule has 0 bridgehead atoms. The van der Waals surface area contributed by atoms with E-state index in [2.05, 4.69) is 41.8 Å². The van der Waals surface area contributed by atoms with E-state index in [4.69, 9.17) is 5.73 Å². The third-order valence-electron chi connectivity index (χ3n) is 2.71. The van der Waals surface area contributed by atoms with Gasteiger partial charge < -0.3 is 5.73 Å². The molecule has 0 saturated heterocycles. The van der Waals surface area contributed by atoms with Crippen molar-refractivity contribution in [2.75, 3.05) is 0 Å². The lowest BCUT2D eigenvalue weighted by Gasteiger charge is -2.09. The molecular weight excluding hydrogens is 198 g/mol. The van der Waals surface area contributed by atoms with Gasteiger partial charge >= 0.3 is 0 Å². The summed E-state index contributed by atoms with van der Waals surface area (Å²) in [6, 6.07) is 7.05. The van der Waals surface area contributed by atoms with Crippen molar-refractivity contribution >= 4 is 10.9 Å². The van der Waals surface area contributed by atoms with Crippen molar-refractivity contribution < 1.29 is 0 Å². The van der Waals surface area contributed by atoms with Crippen LogP contribution in [0.4, 0.5) is 0 Å². The number of fused-ring (bicyclic) bond motifs is 1. The van der Waals surface area contributed by atoms with Gasteiger partial charge in [0.1, 0.15) is 0 Å². The van der Waals surface area contributed by atoms with E-state index in [1.54, 1.807) is 0 Å². The van der Waals surface area contributed by atoms with Crippen molar-refractivity contribution in [2.24, 2.45) is 5.73 Å². The van der Waals surface area contributed by atoms with Crippen LogP contribution in [0.2, 0.25) is 0 Å². The molecule has 3 nitrogen and oxygen atoms in total. The predicted octanol–water partition coefficient (Wildman–Crippen LogP) is 2.51. The summed E-state index contributed by atoms with van der Waals surface area (Å²) < 4.78 is 2.06. The van der Waals surface area contributed by atoms with E-state index < -0.39 is 0 Å². The zero-order chi connectivity index (χ0) is 11.7. The highest BCUT2D eigenvalue weighted by molar-refractivity contribution is 5.79. The molecule has 1 aromatic carbocycles. The highest BCUT2D eigenvalue weighted by Crippen LogP contribution is 2.19. The normalized spacial score (nSPS) is 13.6. The van der Waals surface area contributed by atoms with Crippen molar-refractivity contribution in [3.63, 3.8) is 0 Å². The topological polar surface area (TPSA) is 43.8 Å². The zero-order valence-corrected chi connectivity index (χ0v) is 10.1. The molecule has 1 aromatic heterocycles. The summed E-state index contributed by atoms with van der Waals surface area (Å²) in [7, 11) is 0. The largest absolute Gasteiger partial charge is 0.328 e. The number of hydrogen-bond acceptors (Lipinski definition) is 2. The van der Waals surface area contributed by atoms with Gasteiger partial charge in [0, 0.05) is 17.5 Å². The molecule has 2 rings (SSSR count). The Balaban J connectivity index is 2.46. The first-order chi connectivity index (χ1) is 7.58. The Morgan fingerprint density at radius 2 is 2.06 bits per heavy atom. The number of nitrogens with zero attached hydrogens (tertiary/aromatic N) is 2. The van der Waals surface area contributed by atoms with Crippen molar-refractivity contribution in [1.29, 1.82) is 0 Å². The SMILES string of the molecule is CC(N)Cc1ccc2cnn(C(C)C)c2c1. The first-order valence-electron chi connectivity index (χ1n) is 5.79. The van der Waals surface area contributed by atoms with Crippen LogP contribution in [0.15, 0.2) is 24.4 Å². The molecule has 16 heavy (non-hydrogen) atoms. The maximum absolute atomic E-state index is 5.82. The maximum atomic E-state index is 5.82. The molecule has 1 heterocycles. The average Bonchev–Trinajstić information content (AvgIpc) is 2.59. The van der Waals surface area contributed by atoms with Gasteiger partial charge in [0.05, 0.1) is 11.7 Å². The van der Waals surface area contributed by atoms with Gasteiger partial charge in [-0.2, -0.15) is 5.10 Å². The van der Waals surface area contributed by atoms with E-state index in [1.165, 1.54) is 16.5 Å². The summed E-state index contributed by atoms with van der Waals surface area (Å²) in [6.07, 6.45) is 2.84. The Morgan fingerprint density at radius 3 is 2.69 bits per heavy atom. The van der Waals surface area contributed by atoms with Crippen LogP contribution >= 0.6 is 0 Å². The summed E-state index contributed by atoms with van der Waals surface area (Å²) in [5.74, 6) is 0. The molecular formula is C13H19N3. The molecule has 1 atom stereocenters. The smallest absolute Gasteiger partial charge is 0.0688 e. The Morgan fingerprint density at radius 1 is 1.31 bits per heavy atom. The van der Waals surface area contributed by atoms with Crippen LogP contribution < -0.4 is 5.73 Å². The van der Waals surface area contributed by atoms with E-state index in [-0.39, 0.29) is 6.04 Å². The maximum Gasteiger partial charge on any atom is 0.0688 e. The van der Waals surface area contributed by atoms with E-state index in [0.717, 1.165) is 6.42 Å². The lowest BCUT2D eigenvalue weighted by Crippen LogP contribution is -2.17. The Kier molecular flexibility index (Phi) is 2.97. The Bertz CT molecular complexity index is 483. The summed E-state index contributed by atoms with van der Waals surface area (Å²) in [6.45, 7) is 6.32. The lowest BCUT2D eigenvalue weighted by atomic mass is 10.1. The number of aromatic nitrogens is 2. The van der Waals surface area contributed by atoms with Crippen molar-refractivity contribution in [1.82, 2.24) is 9.78 Å². The molecule has 0 aliphatic heterocycles. The van der Waals surface area contributed by atoms with Gasteiger partial charge in [0.15, 0.2) is 0 Å². The molecule has 0 fully saturated rings. The summed E-state index contributed by atoms with van der Waals surface area (Å²) in [5.41, 5.74) is 8.30. The van der Waals surface area contributed by atoms with Crippen LogP contribution in [-0.2, 0) is 6.42 Å². The van der Waals surface area contributed by atoms with Crippen molar-refractivity contribution in [3.05, 3.63) is 30.0 Å². The standard InChI is InChI=1S/C13H19N3/c1-9(2)16-13-7-11(6-10(3)14)4-5-12(13)8-15-16/h4-5,7-10H,6,14H2,1-3H3. The first-order valence-corrected chi connectivity index (χ1v) is 5.79. The molecule has 0 aliphatic carbocycles. The van der Waals surface area contributed by atoms with Gasteiger partial charge in [-0.25, -0.2) is 0 Å². The van der Waals surface area contributed by atoms with Crippen LogP contribution in [0.25, 0.3) is 10.9 Å². The van der Waals surface area contributed by atoms with Gasteiger partial charge in [0.2, 0.25) is 0 Å². The Labute approximate surface area is 96.2 Å². The molecule has 2 N–H and O–H groups in total. The number of rotatable bonds is 3. The minimum absolute atomic E-state index is 0.202. The van der Waals surface area contributed by atoms with Gasteiger partial charge in [-0.05, 0) is 38.8 Å². The third kappa shape index (κ3) is 2.09. The van der Waals surface area contributed by atoms with Gasteiger partial charge in [-0.3, -0.25) is 4.68 Å². The average molecular weight is 217 g/mol. The fourth-order valence-corrected chi connectivity index (χ4v) is 1.99. The highest BCUT2D eigenvalue weighted by atomic mass is 15.3. The fraction of sp³-hybridized carbons (Fsp3) is 0.462. The minimum atomic E-state index is 0.202. The molecule has 0 radical (unpaired) electrons. The number of nitrogens with two attached hydrogens (primary N) is 1. The summed E-state index contributed by atoms with van der Waals surface area (Å²) in [4.78, 5) is 0. The molecule has 86 valence electrons. The summed E-state index contributed by atoms with van der Waals surface area (Å²) in [5, 5.41) is 5.60. The molecule has 0 amide bonds. The summed E-state index contributed by atoms with van der Waals surface area (Å²) >= 11 is 0. The number of benzene rings is 1. The highest BCUT2D eigenvalue weighted by Gasteiger charge is 2.07. The molecule has 0 spiro atoms. The van der Waals surface area contributed by atoms with Crippen molar-refractivity contribution in [2.45, 2.75) is 39.3 Å². The zero-order valence-electron chi connectivity index (χ0n) is 10.1. The molecule has 1 unspecified atom stereocenters.